The molecule has 17 heavy (non-hydrogen) atoms. The zero-order chi connectivity index (χ0) is 12.6. The molecule has 0 radical (unpaired) electrons. The standard InChI is InChI=1S/C9H11NO5S2/c1-15-9-8(17(12,13)14)5-3-2-4-6(10-11)7(5)16-9/h11H,2-4H2,1H3,(H,12,13,14). The van der Waals surface area contributed by atoms with Gasteiger partial charge in [-0.05, 0) is 24.8 Å². The van der Waals surface area contributed by atoms with E-state index < -0.39 is 10.1 Å². The van der Waals surface area contributed by atoms with Crippen molar-refractivity contribution in [2.45, 2.75) is 24.2 Å². The van der Waals surface area contributed by atoms with Gasteiger partial charge in [-0.15, -0.1) is 0 Å². The maximum absolute atomic E-state index is 11.3. The first-order chi connectivity index (χ1) is 7.99. The predicted octanol–water partition coefficient (Wildman–Crippen LogP) is 1.52. The Kier molecular flexibility index (Phi) is 3.11. The van der Waals surface area contributed by atoms with Crippen LogP contribution in [0.2, 0.25) is 0 Å². The van der Waals surface area contributed by atoms with Gasteiger partial charge in [-0.1, -0.05) is 16.5 Å². The van der Waals surface area contributed by atoms with Crippen LogP contribution in [0.25, 0.3) is 0 Å². The Morgan fingerprint density at radius 3 is 2.65 bits per heavy atom. The molecule has 2 N–H and O–H groups in total. The molecule has 0 saturated carbocycles. The van der Waals surface area contributed by atoms with E-state index in [1.54, 1.807) is 0 Å². The molecule has 2 rings (SSSR count). The molecule has 8 heteroatoms. The van der Waals surface area contributed by atoms with E-state index in [9.17, 15) is 13.0 Å². The Morgan fingerprint density at radius 1 is 1.41 bits per heavy atom. The van der Waals surface area contributed by atoms with Gasteiger partial charge in [0.1, 0.15) is 0 Å². The van der Waals surface area contributed by atoms with E-state index in [0.717, 1.165) is 11.3 Å². The highest BCUT2D eigenvalue weighted by Gasteiger charge is 2.31. The van der Waals surface area contributed by atoms with E-state index in [-0.39, 0.29) is 9.96 Å². The van der Waals surface area contributed by atoms with Gasteiger partial charge in [0.2, 0.25) is 0 Å². The molecule has 0 atom stereocenters. The molecule has 1 aliphatic rings. The molecule has 0 aliphatic heterocycles. The lowest BCUT2D eigenvalue weighted by atomic mass is 9.98. The molecule has 1 aliphatic carbocycles. The topological polar surface area (TPSA) is 96.2 Å². The summed E-state index contributed by atoms with van der Waals surface area (Å²) in [6.07, 6.45) is 1.77. The first kappa shape index (κ1) is 12.3. The summed E-state index contributed by atoms with van der Waals surface area (Å²) in [7, 11) is -2.99. The van der Waals surface area contributed by atoms with Gasteiger partial charge in [-0.2, -0.15) is 8.42 Å². The monoisotopic (exact) mass is 277 g/mol. The summed E-state index contributed by atoms with van der Waals surface area (Å²) in [6, 6.07) is 0. The number of methoxy groups -OCH3 is 1. The average Bonchev–Trinajstić information content (AvgIpc) is 2.66. The largest absolute Gasteiger partial charge is 0.486 e. The van der Waals surface area contributed by atoms with Crippen molar-refractivity contribution in [2.75, 3.05) is 7.11 Å². The van der Waals surface area contributed by atoms with Crippen molar-refractivity contribution in [3.63, 3.8) is 0 Å². The fourth-order valence-corrected chi connectivity index (χ4v) is 4.31. The Balaban J connectivity index is 2.73. The SMILES string of the molecule is COc1sc2c(c1S(=O)(=O)O)CCCC2=NO. The zero-order valence-electron chi connectivity index (χ0n) is 9.00. The number of rotatable bonds is 2. The molecule has 0 unspecified atom stereocenters. The van der Waals surface area contributed by atoms with E-state index in [1.807, 2.05) is 0 Å². The molecule has 0 fully saturated rings. The van der Waals surface area contributed by atoms with E-state index in [1.165, 1.54) is 7.11 Å². The van der Waals surface area contributed by atoms with Gasteiger partial charge >= 0.3 is 0 Å². The van der Waals surface area contributed by atoms with Gasteiger partial charge in [-0.3, -0.25) is 4.55 Å². The minimum Gasteiger partial charge on any atom is -0.486 e. The fourth-order valence-electron chi connectivity index (χ4n) is 1.92. The maximum Gasteiger partial charge on any atom is 0.299 e. The summed E-state index contributed by atoms with van der Waals surface area (Å²) in [5, 5.41) is 12.1. The van der Waals surface area contributed by atoms with Gasteiger partial charge in [-0.25, -0.2) is 0 Å². The number of hydrogen-bond donors (Lipinski definition) is 2. The fraction of sp³-hybridized carbons (Fsp3) is 0.444. The van der Waals surface area contributed by atoms with Gasteiger partial charge < -0.3 is 9.94 Å². The van der Waals surface area contributed by atoms with Crippen LogP contribution in [0.4, 0.5) is 0 Å². The van der Waals surface area contributed by atoms with Gasteiger partial charge in [0.05, 0.1) is 17.7 Å². The highest BCUT2D eigenvalue weighted by molar-refractivity contribution is 7.86. The number of fused-ring (bicyclic) bond motifs is 1. The number of ether oxygens (including phenoxy) is 1. The third-order valence-corrected chi connectivity index (χ3v) is 4.91. The summed E-state index contributed by atoms with van der Waals surface area (Å²) >= 11 is 1.07. The zero-order valence-corrected chi connectivity index (χ0v) is 10.6. The first-order valence-electron chi connectivity index (χ1n) is 4.87. The van der Waals surface area contributed by atoms with Crippen molar-refractivity contribution in [2.24, 2.45) is 5.16 Å². The first-order valence-corrected chi connectivity index (χ1v) is 7.13. The molecule has 94 valence electrons. The van der Waals surface area contributed by atoms with Gasteiger partial charge in [0.15, 0.2) is 9.96 Å². The van der Waals surface area contributed by atoms with E-state index in [4.69, 9.17) is 9.94 Å². The molecule has 1 aromatic heterocycles. The quantitative estimate of drug-likeness (QED) is 0.485. The summed E-state index contributed by atoms with van der Waals surface area (Å²) in [5.41, 5.74) is 0.915. The highest BCUT2D eigenvalue weighted by atomic mass is 32.2. The van der Waals surface area contributed by atoms with Crippen molar-refractivity contribution < 1.29 is 22.9 Å². The van der Waals surface area contributed by atoms with Crippen molar-refractivity contribution in [3.8, 4) is 5.06 Å². The second-order valence-corrected chi connectivity index (χ2v) is 5.95. The van der Waals surface area contributed by atoms with Crippen molar-refractivity contribution in [1.29, 1.82) is 0 Å². The average molecular weight is 277 g/mol. The maximum atomic E-state index is 11.3. The Hall–Kier alpha value is -1.12. The van der Waals surface area contributed by atoms with E-state index in [2.05, 4.69) is 5.16 Å². The molecule has 0 amide bonds. The Morgan fingerprint density at radius 2 is 2.12 bits per heavy atom. The third kappa shape index (κ3) is 2.03. The highest BCUT2D eigenvalue weighted by Crippen LogP contribution is 2.42. The number of nitrogens with zero attached hydrogens (tertiary/aromatic N) is 1. The summed E-state index contributed by atoms with van der Waals surface area (Å²) in [6.45, 7) is 0. The van der Waals surface area contributed by atoms with Crippen LogP contribution in [-0.4, -0.2) is 31.0 Å². The number of thiophene rings is 1. The van der Waals surface area contributed by atoms with Crippen LogP contribution in [0.3, 0.4) is 0 Å². The lowest BCUT2D eigenvalue weighted by Crippen LogP contribution is -2.12. The van der Waals surface area contributed by atoms with Crippen LogP contribution >= 0.6 is 11.3 Å². The van der Waals surface area contributed by atoms with E-state index >= 15 is 0 Å². The summed E-state index contributed by atoms with van der Waals surface area (Å²) in [4.78, 5) is 0.379. The minimum absolute atomic E-state index is 0.126. The minimum atomic E-state index is -4.33. The Bertz CT molecular complexity index is 572. The number of oxime groups is 1. The Labute approximate surface area is 102 Å². The molecule has 1 aromatic rings. The van der Waals surface area contributed by atoms with Gasteiger partial charge in [0.25, 0.3) is 10.1 Å². The van der Waals surface area contributed by atoms with Crippen LogP contribution in [0.1, 0.15) is 23.3 Å². The molecule has 0 bridgehead atoms. The molecule has 0 saturated heterocycles. The molecule has 6 nitrogen and oxygen atoms in total. The van der Waals surface area contributed by atoms with E-state index in [0.29, 0.717) is 35.4 Å². The van der Waals surface area contributed by atoms with Gasteiger partial charge in [0, 0.05) is 0 Å². The number of hydrogen-bond acceptors (Lipinski definition) is 6. The second kappa shape index (κ2) is 4.28. The normalized spacial score (nSPS) is 18.1. The van der Waals surface area contributed by atoms with Crippen molar-refractivity contribution in [1.82, 2.24) is 0 Å². The molecule has 0 aromatic carbocycles. The molecule has 1 heterocycles. The van der Waals surface area contributed by atoms with Crippen molar-refractivity contribution in [3.05, 3.63) is 10.4 Å². The second-order valence-electron chi connectivity index (χ2n) is 3.61. The van der Waals surface area contributed by atoms with Crippen LogP contribution in [0.5, 0.6) is 5.06 Å². The lowest BCUT2D eigenvalue weighted by Gasteiger charge is -2.12. The summed E-state index contributed by atoms with van der Waals surface area (Å²) < 4.78 is 36.8. The predicted molar refractivity (Wildman–Crippen MR) is 61.9 cm³/mol. The lowest BCUT2D eigenvalue weighted by molar-refractivity contribution is 0.317. The molecular formula is C9H11NO5S2. The molecular weight excluding hydrogens is 266 g/mol. The smallest absolute Gasteiger partial charge is 0.299 e. The van der Waals surface area contributed by atoms with Crippen LogP contribution in [-0.2, 0) is 16.5 Å². The summed E-state index contributed by atoms with van der Waals surface area (Å²) in [5.74, 6) is 0. The van der Waals surface area contributed by atoms with Crippen LogP contribution in [0, 0.1) is 0 Å². The van der Waals surface area contributed by atoms with Crippen LogP contribution in [0.15, 0.2) is 10.1 Å². The van der Waals surface area contributed by atoms with Crippen LogP contribution < -0.4 is 4.74 Å². The third-order valence-electron chi connectivity index (χ3n) is 2.59. The van der Waals surface area contributed by atoms with Crippen molar-refractivity contribution >= 4 is 27.2 Å². The molecule has 0 spiro atoms.